The van der Waals surface area contributed by atoms with Crippen molar-refractivity contribution in [2.24, 2.45) is 0 Å². The standard InChI is InChI=1S/C12H26O3S.2K.2H/c1-2-3-4-5-6-7-8-9-10-11-12-16(13,14)15;;;;/h2-12H2,1H3,(H,13,14,15);;;;/q;2*+1;2*-1. The third-order valence-electron chi connectivity index (χ3n) is 2.76. The van der Waals surface area contributed by atoms with E-state index in [0.717, 1.165) is 12.8 Å². The first-order chi connectivity index (χ1) is 7.56. The van der Waals surface area contributed by atoms with Crippen molar-refractivity contribution in [3.8, 4) is 0 Å². The summed E-state index contributed by atoms with van der Waals surface area (Å²) in [6.07, 6.45) is 11.7. The predicted octanol–water partition coefficient (Wildman–Crippen LogP) is -1.97. The van der Waals surface area contributed by atoms with Gasteiger partial charge in [-0.05, 0) is 6.42 Å². The molecule has 0 aromatic heterocycles. The van der Waals surface area contributed by atoms with Gasteiger partial charge < -0.3 is 2.85 Å². The van der Waals surface area contributed by atoms with Gasteiger partial charge in [0, 0.05) is 0 Å². The molecule has 0 aromatic rings. The van der Waals surface area contributed by atoms with Crippen LogP contribution < -0.4 is 103 Å². The fourth-order valence-corrected chi connectivity index (χ4v) is 2.34. The molecule has 0 radical (unpaired) electrons. The molecule has 0 aromatic carbocycles. The van der Waals surface area contributed by atoms with Gasteiger partial charge in [0.2, 0.25) is 0 Å². The van der Waals surface area contributed by atoms with Gasteiger partial charge in [-0.15, -0.1) is 0 Å². The molecule has 0 unspecified atom stereocenters. The van der Waals surface area contributed by atoms with Crippen LogP contribution in [-0.2, 0) is 10.1 Å². The van der Waals surface area contributed by atoms with Crippen molar-refractivity contribution < 1.29 is 119 Å². The molecular formula is C12H28K2O3S. The van der Waals surface area contributed by atoms with Gasteiger partial charge in [0.25, 0.3) is 10.1 Å². The summed E-state index contributed by atoms with van der Waals surface area (Å²) >= 11 is 0. The van der Waals surface area contributed by atoms with E-state index < -0.39 is 10.1 Å². The molecule has 18 heavy (non-hydrogen) atoms. The number of rotatable bonds is 11. The van der Waals surface area contributed by atoms with E-state index in [1.165, 1.54) is 44.9 Å². The molecule has 0 fully saturated rings. The SMILES string of the molecule is CCCCCCCCCCCCS(=O)(=O)O.[H-].[H-].[K+].[K+]. The summed E-state index contributed by atoms with van der Waals surface area (Å²) in [6, 6.07) is 0. The molecule has 0 atom stereocenters. The summed E-state index contributed by atoms with van der Waals surface area (Å²) in [4.78, 5) is 0. The topological polar surface area (TPSA) is 54.4 Å². The first-order valence-electron chi connectivity index (χ1n) is 6.51. The van der Waals surface area contributed by atoms with Crippen LogP contribution in [0.2, 0.25) is 0 Å². The van der Waals surface area contributed by atoms with Gasteiger partial charge in [-0.2, -0.15) is 8.42 Å². The van der Waals surface area contributed by atoms with Crippen LogP contribution >= 0.6 is 0 Å². The Kier molecular flexibility index (Phi) is 26.4. The quantitative estimate of drug-likeness (QED) is 0.272. The number of hydrogen-bond acceptors (Lipinski definition) is 2. The molecule has 102 valence electrons. The van der Waals surface area contributed by atoms with Crippen molar-refractivity contribution in [1.82, 2.24) is 0 Å². The molecule has 0 heterocycles. The Bertz CT molecular complexity index is 253. The molecule has 0 aliphatic heterocycles. The molecule has 6 heteroatoms. The molecule has 0 rings (SSSR count). The molecule has 0 saturated heterocycles. The van der Waals surface area contributed by atoms with Crippen LogP contribution in [0.1, 0.15) is 74.0 Å². The Balaban J connectivity index is -0.000000187. The third-order valence-corrected chi connectivity index (χ3v) is 3.56. The number of hydrogen-bond donors (Lipinski definition) is 1. The van der Waals surface area contributed by atoms with Crippen molar-refractivity contribution in [2.45, 2.75) is 71.1 Å². The average Bonchev–Trinajstić information content (AvgIpc) is 2.19. The molecule has 0 spiro atoms. The smallest absolute Gasteiger partial charge is 1.00 e. The van der Waals surface area contributed by atoms with Crippen molar-refractivity contribution in [1.29, 1.82) is 0 Å². The minimum atomic E-state index is -3.73. The van der Waals surface area contributed by atoms with Gasteiger partial charge in [-0.3, -0.25) is 4.55 Å². The zero-order valence-corrected chi connectivity index (χ0v) is 19.5. The van der Waals surface area contributed by atoms with E-state index in [1.54, 1.807) is 0 Å². The third kappa shape index (κ3) is 24.2. The van der Waals surface area contributed by atoms with Gasteiger partial charge in [0.05, 0.1) is 5.75 Å². The Labute approximate surface area is 201 Å². The van der Waals surface area contributed by atoms with E-state index in [4.69, 9.17) is 4.55 Å². The van der Waals surface area contributed by atoms with Crippen molar-refractivity contribution in [3.05, 3.63) is 0 Å². The van der Waals surface area contributed by atoms with Crippen molar-refractivity contribution in [2.75, 3.05) is 5.75 Å². The largest absolute Gasteiger partial charge is 1.00 e. The molecular weight excluding hydrogens is 302 g/mol. The van der Waals surface area contributed by atoms with Crippen LogP contribution in [0.3, 0.4) is 0 Å². The Morgan fingerprint density at radius 1 is 0.778 bits per heavy atom. The van der Waals surface area contributed by atoms with Gasteiger partial charge in [-0.25, -0.2) is 0 Å². The predicted molar refractivity (Wildman–Crippen MR) is 70.5 cm³/mol. The van der Waals surface area contributed by atoms with Gasteiger partial charge in [0.1, 0.15) is 0 Å². The fraction of sp³-hybridized carbons (Fsp3) is 1.00. The minimum Gasteiger partial charge on any atom is -1.00 e. The Morgan fingerprint density at radius 2 is 1.11 bits per heavy atom. The van der Waals surface area contributed by atoms with Crippen LogP contribution in [0, 0.1) is 0 Å². The van der Waals surface area contributed by atoms with E-state index in [2.05, 4.69) is 6.92 Å². The van der Waals surface area contributed by atoms with Gasteiger partial charge in [-0.1, -0.05) is 64.7 Å². The first kappa shape index (κ1) is 26.1. The second kappa shape index (κ2) is 18.2. The summed E-state index contributed by atoms with van der Waals surface area (Å²) < 4.78 is 29.4. The molecule has 0 amide bonds. The summed E-state index contributed by atoms with van der Waals surface area (Å²) in [5.74, 6) is -0.0799. The van der Waals surface area contributed by atoms with E-state index in [0.29, 0.717) is 6.42 Å². The van der Waals surface area contributed by atoms with Gasteiger partial charge >= 0.3 is 103 Å². The zero-order chi connectivity index (χ0) is 12.3. The molecule has 0 bridgehead atoms. The molecule has 1 N–H and O–H groups in total. The van der Waals surface area contributed by atoms with Crippen molar-refractivity contribution in [3.63, 3.8) is 0 Å². The van der Waals surface area contributed by atoms with E-state index in [1.807, 2.05) is 0 Å². The summed E-state index contributed by atoms with van der Waals surface area (Å²) in [5.41, 5.74) is 0. The van der Waals surface area contributed by atoms with Crippen LogP contribution in [-0.4, -0.2) is 18.7 Å². The normalized spacial score (nSPS) is 10.6. The molecule has 0 aliphatic carbocycles. The molecule has 0 saturated carbocycles. The van der Waals surface area contributed by atoms with E-state index in [-0.39, 0.29) is 111 Å². The second-order valence-electron chi connectivity index (χ2n) is 4.47. The van der Waals surface area contributed by atoms with E-state index in [9.17, 15) is 8.42 Å². The van der Waals surface area contributed by atoms with Crippen LogP contribution in [0.25, 0.3) is 0 Å². The maximum absolute atomic E-state index is 10.4. The minimum absolute atomic E-state index is 0. The Morgan fingerprint density at radius 3 is 1.44 bits per heavy atom. The first-order valence-corrected chi connectivity index (χ1v) is 8.12. The van der Waals surface area contributed by atoms with E-state index >= 15 is 0 Å². The molecule has 0 aliphatic rings. The van der Waals surface area contributed by atoms with Gasteiger partial charge in [0.15, 0.2) is 0 Å². The summed E-state index contributed by atoms with van der Waals surface area (Å²) in [6.45, 7) is 2.22. The van der Waals surface area contributed by atoms with Crippen LogP contribution in [0.4, 0.5) is 0 Å². The monoisotopic (exact) mass is 330 g/mol. The number of unbranched alkanes of at least 4 members (excludes halogenated alkanes) is 9. The van der Waals surface area contributed by atoms with Crippen LogP contribution in [0.5, 0.6) is 0 Å². The Hall–Kier alpha value is 3.18. The average molecular weight is 331 g/mol. The van der Waals surface area contributed by atoms with Crippen molar-refractivity contribution >= 4 is 10.1 Å². The summed E-state index contributed by atoms with van der Waals surface area (Å²) in [7, 11) is -3.73. The fourth-order valence-electron chi connectivity index (χ4n) is 1.77. The molecule has 3 nitrogen and oxygen atoms in total. The zero-order valence-electron chi connectivity index (χ0n) is 14.5. The van der Waals surface area contributed by atoms with Crippen LogP contribution in [0.15, 0.2) is 0 Å². The maximum Gasteiger partial charge on any atom is 1.00 e. The maximum atomic E-state index is 10.4. The summed E-state index contributed by atoms with van der Waals surface area (Å²) in [5, 5.41) is 0. The second-order valence-corrected chi connectivity index (χ2v) is 6.04.